The summed E-state index contributed by atoms with van der Waals surface area (Å²) >= 11 is 0. The third kappa shape index (κ3) is 28.5. The quantitative estimate of drug-likeness (QED) is 0.282. The van der Waals surface area contributed by atoms with Crippen LogP contribution in [0.1, 0.15) is 27.7 Å². The van der Waals surface area contributed by atoms with Gasteiger partial charge in [-0.3, -0.25) is 19.9 Å². The van der Waals surface area contributed by atoms with Crippen LogP contribution in [0.5, 0.6) is 0 Å². The molecular weight excluding hydrogens is 676 g/mol. The molecule has 204 valence electrons. The molecule has 0 atom stereocenters. The first kappa shape index (κ1) is 43.0. The fraction of sp³-hybridized carbons (Fsp3) is 0.143. The summed E-state index contributed by atoms with van der Waals surface area (Å²) < 4.78 is 0. The molecule has 10 nitrogen and oxygen atoms in total. The van der Waals surface area contributed by atoms with Crippen molar-refractivity contribution in [3.8, 4) is 34.9 Å². The Balaban J connectivity index is -0.000000217. The van der Waals surface area contributed by atoms with Crippen molar-refractivity contribution in [3.05, 3.63) is 97.6 Å². The summed E-state index contributed by atoms with van der Waals surface area (Å²) in [7, 11) is 0. The van der Waals surface area contributed by atoms with Gasteiger partial charge in [-0.15, -0.1) is 0 Å². The molecule has 0 bridgehead atoms. The third-order valence-corrected chi connectivity index (χ3v) is 3.18. The van der Waals surface area contributed by atoms with E-state index in [-0.39, 0.29) is 42.1 Å². The van der Waals surface area contributed by atoms with Gasteiger partial charge >= 0.3 is 42.1 Å². The van der Waals surface area contributed by atoms with E-state index in [1.54, 1.807) is 36.9 Å². The van der Waals surface area contributed by atoms with Crippen molar-refractivity contribution in [2.75, 3.05) is 0 Å². The van der Waals surface area contributed by atoms with Crippen molar-refractivity contribution in [2.45, 2.75) is 27.7 Å². The first-order chi connectivity index (χ1) is 18.2. The van der Waals surface area contributed by atoms with Crippen LogP contribution in [0.2, 0.25) is 0 Å². The molecule has 4 heterocycles. The minimum atomic E-state index is -1.08. The zero-order chi connectivity index (χ0) is 29.0. The van der Waals surface area contributed by atoms with Gasteiger partial charge < -0.3 is 19.8 Å². The predicted octanol–water partition coefficient (Wildman–Crippen LogP) is 2.85. The Labute approximate surface area is 263 Å². The second-order valence-electron chi connectivity index (χ2n) is 6.29. The van der Waals surface area contributed by atoms with Crippen molar-refractivity contribution in [1.29, 1.82) is 10.5 Å². The number of aliphatic carboxylic acids is 2. The minimum absolute atomic E-state index is 0. The predicted molar refractivity (Wildman–Crippen MR) is 139 cm³/mol. The summed E-state index contributed by atoms with van der Waals surface area (Å²) in [6.45, 7) is 4.81. The van der Waals surface area contributed by atoms with Gasteiger partial charge in [0.15, 0.2) is 0 Å². The first-order valence-corrected chi connectivity index (χ1v) is 10.8. The van der Waals surface area contributed by atoms with E-state index < -0.39 is 11.9 Å². The summed E-state index contributed by atoms with van der Waals surface area (Å²) in [6, 6.07) is 26.7. The largest absolute Gasteiger partial charge is 2.00 e. The zero-order valence-corrected chi connectivity index (χ0v) is 26.4. The van der Waals surface area contributed by atoms with Gasteiger partial charge in [0.05, 0.1) is 34.9 Å². The van der Waals surface area contributed by atoms with E-state index in [0.717, 1.165) is 36.6 Å². The monoisotopic (exact) mass is 708 g/mol. The van der Waals surface area contributed by atoms with Gasteiger partial charge in [-0.1, -0.05) is 24.3 Å². The normalized spacial score (nSPS) is 7.45. The molecule has 12 heteroatoms. The number of carboxylic acid groups (broad SMARTS) is 2. The number of pyridine rings is 4. The topological polar surface area (TPSA) is 179 Å². The van der Waals surface area contributed by atoms with E-state index in [2.05, 4.69) is 19.9 Å². The molecule has 0 aliphatic rings. The SMILES string of the molecule is CC#N.CC#N.CC(=O)[O-].CC(=O)[O-].[Mo+2].[Mo+2].c1ccc(-c2ccccn2)nc1.c1ccc(-c2ccccn2)nc1. The molecule has 0 radical (unpaired) electrons. The first-order valence-electron chi connectivity index (χ1n) is 10.8. The third-order valence-electron chi connectivity index (χ3n) is 3.18. The molecule has 4 aromatic rings. The Bertz CT molecular complexity index is 1040. The standard InChI is InChI=1S/2C10H8N2.2C2H3N.2C2H4O2.2Mo/c2*1-3-7-11-9(5-1)10-6-2-4-8-12-10;2*1-2-3;2*1-2(3)4;;/h2*1-8H;2*1H3;2*1H3,(H,3,4);;/q;;;;;;2*+2/p-2. The molecule has 0 fully saturated rings. The number of carbonyl (C=O) groups excluding carboxylic acids is 2. The Morgan fingerprint density at radius 3 is 0.800 bits per heavy atom. The maximum Gasteiger partial charge on any atom is 2.00 e. The van der Waals surface area contributed by atoms with Crippen LogP contribution in [0.3, 0.4) is 0 Å². The van der Waals surface area contributed by atoms with Crippen LogP contribution in [-0.2, 0) is 51.7 Å². The van der Waals surface area contributed by atoms with E-state index >= 15 is 0 Å². The van der Waals surface area contributed by atoms with Crippen LogP contribution >= 0.6 is 0 Å². The number of nitriles is 2. The minimum Gasteiger partial charge on any atom is -0.550 e. The van der Waals surface area contributed by atoms with E-state index in [4.69, 9.17) is 30.3 Å². The van der Waals surface area contributed by atoms with Gasteiger partial charge in [-0.05, 0) is 62.4 Å². The molecule has 0 unspecified atom stereocenters. The molecule has 0 spiro atoms. The Morgan fingerprint density at radius 2 is 0.700 bits per heavy atom. The van der Waals surface area contributed by atoms with Gasteiger partial charge in [0.2, 0.25) is 0 Å². The number of nitrogens with zero attached hydrogens (tertiary/aromatic N) is 6. The van der Waals surface area contributed by atoms with Crippen molar-refractivity contribution < 1.29 is 61.9 Å². The van der Waals surface area contributed by atoms with Crippen LogP contribution in [0.25, 0.3) is 22.8 Å². The maximum absolute atomic E-state index is 8.89. The number of hydrogen-bond acceptors (Lipinski definition) is 10. The van der Waals surface area contributed by atoms with Crippen LogP contribution in [0.15, 0.2) is 97.6 Å². The average molecular weight is 704 g/mol. The van der Waals surface area contributed by atoms with Crippen LogP contribution in [-0.4, -0.2) is 31.9 Å². The van der Waals surface area contributed by atoms with Crippen LogP contribution in [0.4, 0.5) is 0 Å². The molecule has 4 aromatic heterocycles. The van der Waals surface area contributed by atoms with Gasteiger partial charge in [0.1, 0.15) is 0 Å². The Hall–Kier alpha value is -4.10. The van der Waals surface area contributed by atoms with Crippen molar-refractivity contribution in [3.63, 3.8) is 0 Å². The summed E-state index contributed by atoms with van der Waals surface area (Å²) in [4.78, 5) is 34.5. The summed E-state index contributed by atoms with van der Waals surface area (Å²) in [5, 5.41) is 32.4. The van der Waals surface area contributed by atoms with Crippen molar-refractivity contribution in [2.24, 2.45) is 0 Å². The fourth-order valence-electron chi connectivity index (χ4n) is 2.06. The molecule has 0 aromatic carbocycles. The molecule has 0 saturated heterocycles. The average Bonchev–Trinajstić information content (AvgIpc) is 2.91. The Morgan fingerprint density at radius 1 is 0.550 bits per heavy atom. The molecule has 4 rings (SSSR count). The summed E-state index contributed by atoms with van der Waals surface area (Å²) in [5.74, 6) is -2.17. The second-order valence-corrected chi connectivity index (χ2v) is 6.29. The number of hydrogen-bond donors (Lipinski definition) is 0. The smallest absolute Gasteiger partial charge is 0.550 e. The fourth-order valence-corrected chi connectivity index (χ4v) is 2.06. The molecule has 0 aliphatic heterocycles. The zero-order valence-electron chi connectivity index (χ0n) is 22.4. The van der Waals surface area contributed by atoms with Gasteiger partial charge in [0.25, 0.3) is 0 Å². The second kappa shape index (κ2) is 31.1. The van der Waals surface area contributed by atoms with Gasteiger partial charge in [-0.25, -0.2) is 0 Å². The van der Waals surface area contributed by atoms with E-state index in [1.165, 1.54) is 13.8 Å². The van der Waals surface area contributed by atoms with E-state index in [0.29, 0.717) is 0 Å². The summed E-state index contributed by atoms with van der Waals surface area (Å²) in [6.07, 6.45) is 7.07. The molecule has 0 aliphatic carbocycles. The molecule has 0 saturated carbocycles. The molecular formula is C28H28Mo2N6O4+2. The van der Waals surface area contributed by atoms with E-state index in [9.17, 15) is 0 Å². The van der Waals surface area contributed by atoms with Crippen molar-refractivity contribution >= 4 is 11.9 Å². The Kier molecular flexibility index (Phi) is 33.4. The number of carbonyl (C=O) groups is 2. The maximum atomic E-state index is 8.89. The summed E-state index contributed by atoms with van der Waals surface area (Å²) in [5.41, 5.74) is 3.66. The molecule has 0 N–H and O–H groups in total. The van der Waals surface area contributed by atoms with E-state index in [1.807, 2.05) is 72.8 Å². The van der Waals surface area contributed by atoms with Crippen molar-refractivity contribution in [1.82, 2.24) is 19.9 Å². The molecule has 0 amide bonds. The van der Waals surface area contributed by atoms with Crippen LogP contribution < -0.4 is 10.2 Å². The number of aromatic nitrogens is 4. The van der Waals surface area contributed by atoms with Gasteiger partial charge in [-0.2, -0.15) is 10.5 Å². The van der Waals surface area contributed by atoms with Gasteiger partial charge in [0, 0.05) is 50.6 Å². The van der Waals surface area contributed by atoms with Crippen LogP contribution in [0, 0.1) is 22.7 Å². The number of rotatable bonds is 2. The number of carboxylic acids is 2. The molecule has 40 heavy (non-hydrogen) atoms.